The van der Waals surface area contributed by atoms with Crippen LogP contribution in [-0.2, 0) is 25.7 Å². The molecule has 14 heavy (non-hydrogen) atoms. The Kier molecular flexibility index (Phi) is 2.08. The van der Waals surface area contributed by atoms with Crippen LogP contribution in [0, 0.1) is 6.07 Å². The second-order valence-corrected chi connectivity index (χ2v) is 4.69. The first-order valence-electron chi connectivity index (χ1n) is 5.99. The van der Waals surface area contributed by atoms with Crippen LogP contribution in [0.2, 0.25) is 0 Å². The first kappa shape index (κ1) is 8.52. The van der Waals surface area contributed by atoms with E-state index in [9.17, 15) is 0 Å². The third-order valence-corrected chi connectivity index (χ3v) is 3.67. The van der Waals surface area contributed by atoms with Gasteiger partial charge in [-0.15, -0.1) is 0 Å². The van der Waals surface area contributed by atoms with Gasteiger partial charge in [0.15, 0.2) is 0 Å². The van der Waals surface area contributed by atoms with Crippen molar-refractivity contribution in [2.45, 2.75) is 51.4 Å². The van der Waals surface area contributed by atoms with Crippen LogP contribution in [0.1, 0.15) is 47.9 Å². The lowest BCUT2D eigenvalue weighted by molar-refractivity contribution is 0.656. The molecular weight excluding hydrogens is 168 g/mol. The van der Waals surface area contributed by atoms with Crippen molar-refractivity contribution in [1.82, 2.24) is 0 Å². The van der Waals surface area contributed by atoms with E-state index < -0.39 is 0 Å². The van der Waals surface area contributed by atoms with Gasteiger partial charge >= 0.3 is 0 Å². The van der Waals surface area contributed by atoms with Gasteiger partial charge < -0.3 is 0 Å². The van der Waals surface area contributed by atoms with Gasteiger partial charge in [-0.1, -0.05) is 6.07 Å². The summed E-state index contributed by atoms with van der Waals surface area (Å²) in [4.78, 5) is 0. The van der Waals surface area contributed by atoms with Crippen LogP contribution in [0.15, 0.2) is 6.07 Å². The molecule has 1 radical (unpaired) electrons. The second-order valence-electron chi connectivity index (χ2n) is 4.69. The maximum absolute atomic E-state index is 3.69. The monoisotopic (exact) mass is 185 g/mol. The minimum absolute atomic E-state index is 1.28. The topological polar surface area (TPSA) is 0 Å². The lowest BCUT2D eigenvalue weighted by Gasteiger charge is -2.22. The summed E-state index contributed by atoms with van der Waals surface area (Å²) < 4.78 is 0. The maximum atomic E-state index is 3.69. The SMILES string of the molecule is [c]1c2c(cc3c1CCCC3)CCCC2. The smallest absolute Gasteiger partial charge is 0.0109 e. The van der Waals surface area contributed by atoms with E-state index in [2.05, 4.69) is 12.1 Å². The van der Waals surface area contributed by atoms with Crippen molar-refractivity contribution in [3.8, 4) is 0 Å². The second kappa shape index (κ2) is 3.42. The zero-order valence-corrected chi connectivity index (χ0v) is 8.73. The Morgan fingerprint density at radius 2 is 1.21 bits per heavy atom. The fourth-order valence-corrected chi connectivity index (χ4v) is 2.85. The number of hydrogen-bond acceptors (Lipinski definition) is 0. The molecule has 1 aromatic carbocycles. The van der Waals surface area contributed by atoms with Crippen molar-refractivity contribution < 1.29 is 0 Å². The summed E-state index contributed by atoms with van der Waals surface area (Å²) >= 11 is 0. The summed E-state index contributed by atoms with van der Waals surface area (Å²) in [7, 11) is 0. The van der Waals surface area contributed by atoms with Gasteiger partial charge in [0.05, 0.1) is 0 Å². The summed E-state index contributed by atoms with van der Waals surface area (Å²) in [6, 6.07) is 6.17. The van der Waals surface area contributed by atoms with Gasteiger partial charge in [0.2, 0.25) is 0 Å². The molecule has 0 N–H and O–H groups in total. The third kappa shape index (κ3) is 1.37. The Morgan fingerprint density at radius 3 is 1.79 bits per heavy atom. The molecule has 0 nitrogen and oxygen atoms in total. The molecule has 3 rings (SSSR count). The Balaban J connectivity index is 2.06. The predicted molar refractivity (Wildman–Crippen MR) is 58.6 cm³/mol. The molecule has 0 bridgehead atoms. The van der Waals surface area contributed by atoms with E-state index in [1.165, 1.54) is 62.5 Å². The van der Waals surface area contributed by atoms with E-state index in [-0.39, 0.29) is 0 Å². The molecule has 1 aromatic rings. The van der Waals surface area contributed by atoms with Crippen molar-refractivity contribution in [1.29, 1.82) is 0 Å². The molecule has 0 atom stereocenters. The van der Waals surface area contributed by atoms with Crippen LogP contribution in [0.25, 0.3) is 0 Å². The van der Waals surface area contributed by atoms with E-state index in [0.29, 0.717) is 0 Å². The van der Waals surface area contributed by atoms with E-state index in [0.717, 1.165) is 0 Å². The molecule has 0 aromatic heterocycles. The first-order valence-corrected chi connectivity index (χ1v) is 5.99. The van der Waals surface area contributed by atoms with Crippen LogP contribution < -0.4 is 0 Å². The fraction of sp³-hybridized carbons (Fsp3) is 0.571. The third-order valence-electron chi connectivity index (χ3n) is 3.67. The molecule has 0 unspecified atom stereocenters. The molecule has 0 heterocycles. The van der Waals surface area contributed by atoms with E-state index >= 15 is 0 Å². The van der Waals surface area contributed by atoms with Crippen molar-refractivity contribution >= 4 is 0 Å². The minimum atomic E-state index is 1.28. The van der Waals surface area contributed by atoms with E-state index in [4.69, 9.17) is 0 Å². The Hall–Kier alpha value is -0.780. The fourth-order valence-electron chi connectivity index (χ4n) is 2.85. The van der Waals surface area contributed by atoms with E-state index in [1.807, 2.05) is 0 Å². The van der Waals surface area contributed by atoms with Crippen molar-refractivity contribution in [2.24, 2.45) is 0 Å². The van der Waals surface area contributed by atoms with Crippen LogP contribution in [0.4, 0.5) is 0 Å². The number of aryl methyl sites for hydroxylation is 4. The van der Waals surface area contributed by atoms with Gasteiger partial charge in [0.25, 0.3) is 0 Å². The lowest BCUT2D eigenvalue weighted by Crippen LogP contribution is -2.09. The van der Waals surface area contributed by atoms with Crippen LogP contribution in [-0.4, -0.2) is 0 Å². The average molecular weight is 185 g/mol. The van der Waals surface area contributed by atoms with Crippen molar-refractivity contribution in [3.63, 3.8) is 0 Å². The molecule has 0 spiro atoms. The molecule has 0 heteroatoms. The number of hydrogen-bond donors (Lipinski definition) is 0. The highest BCUT2D eigenvalue weighted by atomic mass is 14.2. The van der Waals surface area contributed by atoms with Gasteiger partial charge in [0, 0.05) is 0 Å². The highest BCUT2D eigenvalue weighted by molar-refractivity contribution is 5.39. The van der Waals surface area contributed by atoms with E-state index in [1.54, 1.807) is 11.1 Å². The van der Waals surface area contributed by atoms with Gasteiger partial charge in [-0.05, 0) is 79.7 Å². The van der Waals surface area contributed by atoms with Crippen LogP contribution in [0.5, 0.6) is 0 Å². The number of benzene rings is 1. The first-order chi connectivity index (χ1) is 6.93. The summed E-state index contributed by atoms with van der Waals surface area (Å²) in [5, 5.41) is 0. The highest BCUT2D eigenvalue weighted by Gasteiger charge is 2.15. The van der Waals surface area contributed by atoms with Crippen LogP contribution >= 0.6 is 0 Å². The maximum Gasteiger partial charge on any atom is -0.0109 e. The van der Waals surface area contributed by atoms with Gasteiger partial charge in [-0.2, -0.15) is 0 Å². The molecule has 0 amide bonds. The zero-order chi connectivity index (χ0) is 9.38. The van der Waals surface area contributed by atoms with Crippen molar-refractivity contribution in [2.75, 3.05) is 0 Å². The molecule has 0 saturated carbocycles. The standard InChI is InChI=1S/C14H17/c1-2-6-12-10-14-8-4-3-7-13(14)9-11(12)5-1/h9H,1-8H2. The largest absolute Gasteiger partial charge is 0.0552 e. The lowest BCUT2D eigenvalue weighted by atomic mass is 9.83. The Morgan fingerprint density at radius 1 is 0.714 bits per heavy atom. The average Bonchev–Trinajstić information content (AvgIpc) is 2.26. The summed E-state index contributed by atoms with van der Waals surface area (Å²) in [6.45, 7) is 0. The summed E-state index contributed by atoms with van der Waals surface area (Å²) in [5.41, 5.74) is 6.29. The summed E-state index contributed by atoms with van der Waals surface area (Å²) in [6.07, 6.45) is 10.7. The summed E-state index contributed by atoms with van der Waals surface area (Å²) in [5.74, 6) is 0. The normalized spacial score (nSPS) is 20.0. The Bertz CT molecular complexity index is 283. The molecule has 2 aliphatic carbocycles. The molecular formula is C14H17. The number of fused-ring (bicyclic) bond motifs is 2. The molecule has 2 aliphatic rings. The van der Waals surface area contributed by atoms with Crippen LogP contribution in [0.3, 0.4) is 0 Å². The molecule has 0 saturated heterocycles. The van der Waals surface area contributed by atoms with Crippen molar-refractivity contribution in [3.05, 3.63) is 34.4 Å². The van der Waals surface area contributed by atoms with Gasteiger partial charge in [-0.3, -0.25) is 0 Å². The van der Waals surface area contributed by atoms with Gasteiger partial charge in [-0.25, -0.2) is 0 Å². The minimum Gasteiger partial charge on any atom is -0.0552 e. The molecule has 0 aliphatic heterocycles. The van der Waals surface area contributed by atoms with Gasteiger partial charge in [0.1, 0.15) is 0 Å². The zero-order valence-electron chi connectivity index (χ0n) is 8.73. The number of rotatable bonds is 0. The highest BCUT2D eigenvalue weighted by Crippen LogP contribution is 2.28. The Labute approximate surface area is 86.3 Å². The molecule has 0 fully saturated rings. The predicted octanol–water partition coefficient (Wildman–Crippen LogP) is 3.24. The quantitative estimate of drug-likeness (QED) is 0.582. The molecule has 73 valence electrons.